The van der Waals surface area contributed by atoms with Gasteiger partial charge in [0.15, 0.2) is 0 Å². The van der Waals surface area contributed by atoms with Crippen LogP contribution in [-0.2, 0) is 11.2 Å². The van der Waals surface area contributed by atoms with E-state index in [2.05, 4.69) is 16.5 Å². The Bertz CT molecular complexity index is 676. The van der Waals surface area contributed by atoms with E-state index in [9.17, 15) is 4.79 Å². The summed E-state index contributed by atoms with van der Waals surface area (Å²) in [4.78, 5) is 22.9. The Kier molecular flexibility index (Phi) is 5.33. The van der Waals surface area contributed by atoms with Crippen LogP contribution in [0.15, 0.2) is 61.7 Å². The van der Waals surface area contributed by atoms with Gasteiger partial charge in [-0.15, -0.1) is 6.58 Å². The van der Waals surface area contributed by atoms with Crippen molar-refractivity contribution < 1.29 is 9.53 Å². The molecule has 0 spiro atoms. The summed E-state index contributed by atoms with van der Waals surface area (Å²) in [6.45, 7) is 4.89. The lowest BCUT2D eigenvalue weighted by Gasteiger charge is -2.28. The maximum Gasteiger partial charge on any atom is 0.254 e. The van der Waals surface area contributed by atoms with Crippen molar-refractivity contribution in [2.24, 2.45) is 0 Å². The van der Waals surface area contributed by atoms with Crippen LogP contribution in [0.4, 0.5) is 0 Å². The Balaban J connectivity index is 1.81. The molecule has 1 aliphatic rings. The molecule has 3 heterocycles. The second-order valence-corrected chi connectivity index (χ2v) is 5.82. The first-order chi connectivity index (χ1) is 11.8. The zero-order valence-electron chi connectivity index (χ0n) is 13.5. The topological polar surface area (TPSA) is 55.3 Å². The third kappa shape index (κ3) is 3.68. The van der Waals surface area contributed by atoms with E-state index in [0.29, 0.717) is 18.7 Å². The van der Waals surface area contributed by atoms with Crippen molar-refractivity contribution in [1.29, 1.82) is 0 Å². The van der Waals surface area contributed by atoms with E-state index in [0.717, 1.165) is 18.4 Å². The van der Waals surface area contributed by atoms with Crippen LogP contribution in [0.25, 0.3) is 0 Å². The first-order valence-corrected chi connectivity index (χ1v) is 8.12. The molecule has 0 aliphatic carbocycles. The van der Waals surface area contributed by atoms with Gasteiger partial charge < -0.3 is 9.64 Å². The molecular weight excluding hydrogens is 302 g/mol. The van der Waals surface area contributed by atoms with Gasteiger partial charge in [0, 0.05) is 36.9 Å². The van der Waals surface area contributed by atoms with Crippen LogP contribution < -0.4 is 0 Å². The molecule has 2 atom stereocenters. The van der Waals surface area contributed by atoms with Crippen molar-refractivity contribution in [3.63, 3.8) is 0 Å². The molecule has 2 aromatic heterocycles. The monoisotopic (exact) mass is 323 g/mol. The number of rotatable bonds is 6. The van der Waals surface area contributed by atoms with E-state index in [1.807, 2.05) is 23.2 Å². The van der Waals surface area contributed by atoms with E-state index in [-0.39, 0.29) is 18.1 Å². The van der Waals surface area contributed by atoms with Gasteiger partial charge in [-0.05, 0) is 36.6 Å². The van der Waals surface area contributed by atoms with Crippen LogP contribution in [0.2, 0.25) is 0 Å². The van der Waals surface area contributed by atoms with E-state index in [1.54, 1.807) is 36.8 Å². The number of ether oxygens (including phenoxy) is 1. The molecule has 0 unspecified atom stereocenters. The Labute approximate surface area is 142 Å². The molecule has 0 aromatic carbocycles. The molecule has 124 valence electrons. The number of aromatic nitrogens is 2. The third-order valence-corrected chi connectivity index (χ3v) is 4.27. The molecule has 5 heteroatoms. The minimum atomic E-state index is -0.00480. The number of carbonyl (C=O) groups excluding carboxylic acids is 1. The highest BCUT2D eigenvalue weighted by Crippen LogP contribution is 2.26. The van der Waals surface area contributed by atoms with Crippen LogP contribution in [0, 0.1) is 0 Å². The first-order valence-electron chi connectivity index (χ1n) is 8.12. The summed E-state index contributed by atoms with van der Waals surface area (Å²) < 4.78 is 5.91. The summed E-state index contributed by atoms with van der Waals surface area (Å²) in [6, 6.07) is 7.45. The van der Waals surface area contributed by atoms with Gasteiger partial charge in [0.25, 0.3) is 5.91 Å². The Morgan fingerprint density at radius 2 is 2.12 bits per heavy atom. The summed E-state index contributed by atoms with van der Waals surface area (Å²) in [5, 5.41) is 0. The van der Waals surface area contributed by atoms with Gasteiger partial charge in [-0.1, -0.05) is 12.1 Å². The lowest BCUT2D eigenvalue weighted by Crippen LogP contribution is -2.42. The maximum absolute atomic E-state index is 12.9. The van der Waals surface area contributed by atoms with E-state index in [4.69, 9.17) is 4.74 Å². The highest BCUT2D eigenvalue weighted by atomic mass is 16.5. The van der Waals surface area contributed by atoms with Crippen LogP contribution >= 0.6 is 0 Å². The Morgan fingerprint density at radius 1 is 1.29 bits per heavy atom. The van der Waals surface area contributed by atoms with Crippen molar-refractivity contribution in [1.82, 2.24) is 14.9 Å². The minimum Gasteiger partial charge on any atom is -0.372 e. The van der Waals surface area contributed by atoms with Gasteiger partial charge in [0.1, 0.15) is 0 Å². The first kappa shape index (κ1) is 16.3. The quantitative estimate of drug-likeness (QED) is 0.767. The molecule has 24 heavy (non-hydrogen) atoms. The third-order valence-electron chi connectivity index (χ3n) is 4.27. The molecule has 0 radical (unpaired) electrons. The minimum absolute atomic E-state index is 0.00480. The van der Waals surface area contributed by atoms with Crippen LogP contribution in [-0.4, -0.2) is 46.1 Å². The average Bonchev–Trinajstić information content (AvgIpc) is 3.03. The summed E-state index contributed by atoms with van der Waals surface area (Å²) in [5.41, 5.74) is 1.76. The van der Waals surface area contributed by atoms with Crippen molar-refractivity contribution in [2.75, 3.05) is 13.2 Å². The van der Waals surface area contributed by atoms with E-state index >= 15 is 0 Å². The lowest BCUT2D eigenvalue weighted by molar-refractivity contribution is 0.0379. The van der Waals surface area contributed by atoms with Gasteiger partial charge in [-0.25, -0.2) is 0 Å². The summed E-state index contributed by atoms with van der Waals surface area (Å²) >= 11 is 0. The fourth-order valence-corrected chi connectivity index (χ4v) is 3.13. The standard InChI is InChI=1S/C19H21N3O2/c1-2-12-24-18-7-11-22(19(23)16-5-9-20-10-6-16)17(18)13-15-4-3-8-21-14-15/h2-6,8-10,14,17-18H,1,7,11-13H2/t17-,18-/m1/s1. The molecule has 5 nitrogen and oxygen atoms in total. The summed E-state index contributed by atoms with van der Waals surface area (Å²) in [6.07, 6.45) is 10.2. The predicted octanol–water partition coefficient (Wildman–Crippen LogP) is 2.51. The molecule has 0 N–H and O–H groups in total. The van der Waals surface area contributed by atoms with Gasteiger partial charge in [-0.3, -0.25) is 14.8 Å². The SMILES string of the molecule is C=CCO[C@@H]1CCN(C(=O)c2ccncc2)[C@@H]1Cc1cccnc1. The highest BCUT2D eigenvalue weighted by molar-refractivity contribution is 5.94. The number of hydrogen-bond donors (Lipinski definition) is 0. The fraction of sp³-hybridized carbons (Fsp3) is 0.316. The maximum atomic E-state index is 12.9. The number of amides is 1. The van der Waals surface area contributed by atoms with Gasteiger partial charge in [0.05, 0.1) is 18.8 Å². The normalized spacial score (nSPS) is 20.1. The number of nitrogens with zero attached hydrogens (tertiary/aromatic N) is 3. The van der Waals surface area contributed by atoms with Crippen molar-refractivity contribution in [2.45, 2.75) is 25.0 Å². The summed E-state index contributed by atoms with van der Waals surface area (Å²) in [5.74, 6) is 0.0241. The number of pyridine rings is 2. The van der Waals surface area contributed by atoms with Crippen molar-refractivity contribution in [3.8, 4) is 0 Å². The van der Waals surface area contributed by atoms with Gasteiger partial charge in [0.2, 0.25) is 0 Å². The Morgan fingerprint density at radius 3 is 2.83 bits per heavy atom. The van der Waals surface area contributed by atoms with Crippen LogP contribution in [0.1, 0.15) is 22.3 Å². The molecule has 0 saturated carbocycles. The second-order valence-electron chi connectivity index (χ2n) is 5.82. The molecule has 1 saturated heterocycles. The van der Waals surface area contributed by atoms with E-state index in [1.165, 1.54) is 0 Å². The average molecular weight is 323 g/mol. The Hall–Kier alpha value is -2.53. The van der Waals surface area contributed by atoms with Crippen molar-refractivity contribution in [3.05, 3.63) is 72.8 Å². The number of hydrogen-bond acceptors (Lipinski definition) is 4. The van der Waals surface area contributed by atoms with Gasteiger partial charge >= 0.3 is 0 Å². The molecule has 2 aromatic rings. The van der Waals surface area contributed by atoms with Crippen LogP contribution in [0.5, 0.6) is 0 Å². The molecular formula is C19H21N3O2. The zero-order valence-corrected chi connectivity index (χ0v) is 13.5. The molecule has 3 rings (SSSR count). The molecule has 0 bridgehead atoms. The number of likely N-dealkylation sites (tertiary alicyclic amines) is 1. The van der Waals surface area contributed by atoms with Crippen molar-refractivity contribution >= 4 is 5.91 Å². The summed E-state index contributed by atoms with van der Waals surface area (Å²) in [7, 11) is 0. The van der Waals surface area contributed by atoms with E-state index < -0.39 is 0 Å². The zero-order chi connectivity index (χ0) is 16.8. The molecule has 1 amide bonds. The highest BCUT2D eigenvalue weighted by Gasteiger charge is 2.37. The molecule has 1 fully saturated rings. The van der Waals surface area contributed by atoms with Gasteiger partial charge in [-0.2, -0.15) is 0 Å². The lowest BCUT2D eigenvalue weighted by atomic mass is 10.0. The smallest absolute Gasteiger partial charge is 0.254 e. The van der Waals surface area contributed by atoms with Crippen LogP contribution in [0.3, 0.4) is 0 Å². The fourth-order valence-electron chi connectivity index (χ4n) is 3.13. The number of carbonyl (C=O) groups is 1. The second kappa shape index (κ2) is 7.84. The largest absolute Gasteiger partial charge is 0.372 e. The molecule has 1 aliphatic heterocycles. The predicted molar refractivity (Wildman–Crippen MR) is 91.6 cm³/mol.